The lowest BCUT2D eigenvalue weighted by atomic mass is 10.3. The molecule has 0 aliphatic heterocycles. The smallest absolute Gasteiger partial charge is 0.235 e. The zero-order valence-corrected chi connectivity index (χ0v) is 15.1. The number of hydrogen-bond acceptors (Lipinski definition) is 4. The van der Waals surface area contributed by atoms with Crippen LogP contribution in [0.15, 0.2) is 40.1 Å². The zero-order valence-electron chi connectivity index (χ0n) is 12.7. The van der Waals surface area contributed by atoms with Crippen molar-refractivity contribution in [2.24, 2.45) is 0 Å². The summed E-state index contributed by atoms with van der Waals surface area (Å²) in [7, 11) is 0. The first-order chi connectivity index (χ1) is 11.1. The van der Waals surface area contributed by atoms with E-state index < -0.39 is 0 Å². The van der Waals surface area contributed by atoms with Crippen LogP contribution < -0.4 is 0 Å². The maximum absolute atomic E-state index is 4.65. The number of halogens is 1. The first-order valence-corrected chi connectivity index (χ1v) is 8.98. The second kappa shape index (κ2) is 5.65. The molecule has 0 aliphatic rings. The highest BCUT2D eigenvalue weighted by Gasteiger charge is 2.14. The molecule has 7 heteroatoms. The van der Waals surface area contributed by atoms with Crippen LogP contribution in [-0.4, -0.2) is 24.3 Å². The SMILES string of the molecule is Cc1cc(C)n2c(Br)c(CSc3nc4ccccc4[nH]3)nc2n1. The molecule has 0 fully saturated rings. The first-order valence-electron chi connectivity index (χ1n) is 7.20. The molecule has 23 heavy (non-hydrogen) atoms. The third-order valence-corrected chi connectivity index (χ3v) is 5.33. The fourth-order valence-corrected chi connectivity index (χ4v) is 4.28. The molecular weight excluding hydrogens is 374 g/mol. The van der Waals surface area contributed by atoms with Gasteiger partial charge in [-0.25, -0.2) is 15.0 Å². The quantitative estimate of drug-likeness (QED) is 0.533. The molecule has 0 amide bonds. The van der Waals surface area contributed by atoms with Crippen LogP contribution in [0.4, 0.5) is 0 Å². The minimum absolute atomic E-state index is 0.724. The molecule has 0 atom stereocenters. The zero-order chi connectivity index (χ0) is 16.0. The molecule has 5 nitrogen and oxygen atoms in total. The predicted octanol–water partition coefficient (Wildman–Crippen LogP) is 4.28. The van der Waals surface area contributed by atoms with E-state index in [1.165, 1.54) is 0 Å². The molecule has 0 aliphatic carbocycles. The minimum Gasteiger partial charge on any atom is -0.333 e. The lowest BCUT2D eigenvalue weighted by molar-refractivity contribution is 0.996. The van der Waals surface area contributed by atoms with Gasteiger partial charge in [-0.3, -0.25) is 4.40 Å². The topological polar surface area (TPSA) is 58.9 Å². The van der Waals surface area contributed by atoms with Crippen molar-refractivity contribution in [1.82, 2.24) is 24.3 Å². The molecule has 0 saturated carbocycles. The maximum atomic E-state index is 4.65. The normalized spacial score (nSPS) is 11.6. The van der Waals surface area contributed by atoms with Gasteiger partial charge in [0.15, 0.2) is 5.16 Å². The van der Waals surface area contributed by atoms with Crippen LogP contribution >= 0.6 is 27.7 Å². The predicted molar refractivity (Wildman–Crippen MR) is 95.8 cm³/mol. The average Bonchev–Trinajstić information content (AvgIpc) is 3.06. The van der Waals surface area contributed by atoms with Crippen LogP contribution in [0.2, 0.25) is 0 Å². The second-order valence-corrected chi connectivity index (χ2v) is 7.09. The Hall–Kier alpha value is -1.86. The van der Waals surface area contributed by atoms with E-state index in [0.717, 1.165) is 49.4 Å². The summed E-state index contributed by atoms with van der Waals surface area (Å²) < 4.78 is 2.99. The van der Waals surface area contributed by atoms with Gasteiger partial charge in [-0.15, -0.1) is 0 Å². The third-order valence-electron chi connectivity index (χ3n) is 3.63. The molecule has 0 radical (unpaired) electrons. The summed E-state index contributed by atoms with van der Waals surface area (Å²) in [5.74, 6) is 1.46. The van der Waals surface area contributed by atoms with Crippen molar-refractivity contribution in [2.75, 3.05) is 0 Å². The molecule has 116 valence electrons. The fraction of sp³-hybridized carbons (Fsp3) is 0.188. The van der Waals surface area contributed by atoms with Crippen molar-refractivity contribution in [3.05, 3.63) is 52.0 Å². The number of fused-ring (bicyclic) bond motifs is 2. The Bertz CT molecular complexity index is 987. The van der Waals surface area contributed by atoms with Gasteiger partial charge in [-0.2, -0.15) is 0 Å². The number of aromatic nitrogens is 5. The Kier molecular flexibility index (Phi) is 3.61. The van der Waals surface area contributed by atoms with E-state index in [1.54, 1.807) is 11.8 Å². The standard InChI is InChI=1S/C16H14BrN5S/c1-9-7-10(2)22-14(17)13(19-15(22)18-9)8-23-16-20-11-5-3-4-6-12(11)21-16/h3-7H,8H2,1-2H3,(H,20,21). The van der Waals surface area contributed by atoms with Gasteiger partial charge < -0.3 is 4.98 Å². The number of nitrogens with zero attached hydrogens (tertiary/aromatic N) is 4. The van der Waals surface area contributed by atoms with Gasteiger partial charge in [0.2, 0.25) is 5.78 Å². The maximum Gasteiger partial charge on any atom is 0.235 e. The molecule has 1 N–H and O–H groups in total. The van der Waals surface area contributed by atoms with E-state index in [1.807, 2.05) is 35.6 Å². The number of benzene rings is 1. The highest BCUT2D eigenvalue weighted by molar-refractivity contribution is 9.10. The molecule has 0 spiro atoms. The van der Waals surface area contributed by atoms with Crippen LogP contribution in [0.1, 0.15) is 17.1 Å². The van der Waals surface area contributed by atoms with Crippen LogP contribution in [-0.2, 0) is 5.75 Å². The number of thioether (sulfide) groups is 1. The molecule has 0 bridgehead atoms. The van der Waals surface area contributed by atoms with Crippen molar-refractivity contribution in [1.29, 1.82) is 0 Å². The summed E-state index contributed by atoms with van der Waals surface area (Å²) >= 11 is 5.29. The summed E-state index contributed by atoms with van der Waals surface area (Å²) in [5.41, 5.74) is 5.10. The van der Waals surface area contributed by atoms with Crippen LogP contribution in [0.25, 0.3) is 16.8 Å². The Morgan fingerprint density at radius 2 is 2.00 bits per heavy atom. The highest BCUT2D eigenvalue weighted by Crippen LogP contribution is 2.27. The molecule has 0 saturated heterocycles. The molecular formula is C16H14BrN5S. The van der Waals surface area contributed by atoms with E-state index in [2.05, 4.69) is 48.9 Å². The van der Waals surface area contributed by atoms with Crippen LogP contribution in [0.3, 0.4) is 0 Å². The summed E-state index contributed by atoms with van der Waals surface area (Å²) in [6, 6.07) is 10.1. The van der Waals surface area contributed by atoms with E-state index in [0.29, 0.717) is 0 Å². The number of rotatable bonds is 3. The Morgan fingerprint density at radius 3 is 2.83 bits per heavy atom. The van der Waals surface area contributed by atoms with E-state index in [-0.39, 0.29) is 0 Å². The van der Waals surface area contributed by atoms with Crippen molar-refractivity contribution >= 4 is 44.5 Å². The molecule has 3 heterocycles. The van der Waals surface area contributed by atoms with Crippen molar-refractivity contribution in [3.63, 3.8) is 0 Å². The summed E-state index contributed by atoms with van der Waals surface area (Å²) in [4.78, 5) is 17.1. The van der Waals surface area contributed by atoms with Gasteiger partial charge in [-0.05, 0) is 48.0 Å². The second-order valence-electron chi connectivity index (χ2n) is 5.37. The van der Waals surface area contributed by atoms with Gasteiger partial charge in [0.1, 0.15) is 4.60 Å². The summed E-state index contributed by atoms with van der Waals surface area (Å²) in [6.45, 7) is 4.04. The van der Waals surface area contributed by atoms with Gasteiger partial charge >= 0.3 is 0 Å². The van der Waals surface area contributed by atoms with Crippen molar-refractivity contribution in [2.45, 2.75) is 24.8 Å². The largest absolute Gasteiger partial charge is 0.333 e. The molecule has 3 aromatic heterocycles. The first kappa shape index (κ1) is 14.7. The Labute approximate surface area is 145 Å². The number of imidazole rings is 2. The molecule has 4 aromatic rings. The van der Waals surface area contributed by atoms with E-state index in [4.69, 9.17) is 0 Å². The number of hydrogen-bond donors (Lipinski definition) is 1. The molecule has 1 aromatic carbocycles. The monoisotopic (exact) mass is 387 g/mol. The number of H-pyrrole nitrogens is 1. The fourth-order valence-electron chi connectivity index (χ4n) is 2.60. The molecule has 0 unspecified atom stereocenters. The summed E-state index contributed by atoms with van der Waals surface area (Å²) in [6.07, 6.45) is 0. The number of nitrogens with one attached hydrogen (secondary N) is 1. The number of aryl methyl sites for hydroxylation is 2. The summed E-state index contributed by atoms with van der Waals surface area (Å²) in [5, 5.41) is 0.899. The van der Waals surface area contributed by atoms with Crippen molar-refractivity contribution < 1.29 is 0 Å². The lowest BCUT2D eigenvalue weighted by Gasteiger charge is -2.01. The average molecular weight is 388 g/mol. The minimum atomic E-state index is 0.724. The Balaban J connectivity index is 1.65. The van der Waals surface area contributed by atoms with Crippen molar-refractivity contribution in [3.8, 4) is 0 Å². The van der Waals surface area contributed by atoms with Gasteiger partial charge in [0.25, 0.3) is 0 Å². The number of para-hydroxylation sites is 2. The number of aromatic amines is 1. The van der Waals surface area contributed by atoms with E-state index >= 15 is 0 Å². The Morgan fingerprint density at radius 1 is 1.17 bits per heavy atom. The van der Waals surface area contributed by atoms with Gasteiger partial charge in [0.05, 0.1) is 16.7 Å². The highest BCUT2D eigenvalue weighted by atomic mass is 79.9. The van der Waals surface area contributed by atoms with Crippen LogP contribution in [0, 0.1) is 13.8 Å². The van der Waals surface area contributed by atoms with Gasteiger partial charge in [0, 0.05) is 17.1 Å². The molecule has 4 rings (SSSR count). The third kappa shape index (κ3) is 2.64. The lowest BCUT2D eigenvalue weighted by Crippen LogP contribution is -1.96. The van der Waals surface area contributed by atoms with Crippen LogP contribution in [0.5, 0.6) is 0 Å². The van der Waals surface area contributed by atoms with Gasteiger partial charge in [-0.1, -0.05) is 23.9 Å². The van der Waals surface area contributed by atoms with E-state index in [9.17, 15) is 0 Å².